The lowest BCUT2D eigenvalue weighted by Crippen LogP contribution is -2.40. The molecule has 130 valence electrons. The normalized spacial score (nSPS) is 15.0. The molecule has 0 atom stereocenters. The predicted molar refractivity (Wildman–Crippen MR) is 96.7 cm³/mol. The van der Waals surface area contributed by atoms with Gasteiger partial charge in [-0.15, -0.1) is 0 Å². The Morgan fingerprint density at radius 2 is 1.92 bits per heavy atom. The topological polar surface area (TPSA) is 67.2 Å². The Balaban J connectivity index is 1.58. The summed E-state index contributed by atoms with van der Waals surface area (Å²) in [5.74, 6) is -0.225. The molecular formula is C18H19ClN4O2. The maximum atomic E-state index is 12.4. The second-order valence-corrected chi connectivity index (χ2v) is 6.38. The molecule has 1 N–H and O–H groups in total. The zero-order valence-corrected chi connectivity index (χ0v) is 14.4. The number of aromatic nitrogens is 2. The van der Waals surface area contributed by atoms with Crippen molar-refractivity contribution in [1.29, 1.82) is 0 Å². The third-order valence-electron chi connectivity index (χ3n) is 4.29. The third-order valence-corrected chi connectivity index (χ3v) is 4.55. The maximum absolute atomic E-state index is 12.4. The first-order valence-corrected chi connectivity index (χ1v) is 8.47. The Labute approximate surface area is 151 Å². The number of hydrogen-bond acceptors (Lipinski definition) is 3. The van der Waals surface area contributed by atoms with E-state index in [4.69, 9.17) is 11.6 Å². The summed E-state index contributed by atoms with van der Waals surface area (Å²) >= 11 is 5.88. The number of anilines is 1. The van der Waals surface area contributed by atoms with Crippen molar-refractivity contribution in [2.75, 3.05) is 18.4 Å². The number of carbonyl (C=O) groups is 2. The van der Waals surface area contributed by atoms with E-state index in [2.05, 4.69) is 17.0 Å². The SMILES string of the molecule is C=CC(=O)N1CCC(C(=O)Nc2cnn(-c3ccc(Cl)cc3)c2)CC1. The van der Waals surface area contributed by atoms with Crippen LogP contribution in [0.5, 0.6) is 0 Å². The molecule has 1 aromatic carbocycles. The number of halogens is 1. The van der Waals surface area contributed by atoms with Gasteiger partial charge in [0.2, 0.25) is 11.8 Å². The molecule has 0 bridgehead atoms. The second-order valence-electron chi connectivity index (χ2n) is 5.94. The lowest BCUT2D eigenvalue weighted by atomic mass is 9.96. The first-order valence-electron chi connectivity index (χ1n) is 8.09. The standard InChI is InChI=1S/C18H19ClN4O2/c1-2-17(24)22-9-7-13(8-10-22)18(25)21-15-11-20-23(12-15)16-5-3-14(19)4-6-16/h2-6,11-13H,1,7-10H2,(H,21,25). The van der Waals surface area contributed by atoms with Gasteiger partial charge in [0.1, 0.15) is 0 Å². The summed E-state index contributed by atoms with van der Waals surface area (Å²) in [6, 6.07) is 7.28. The van der Waals surface area contributed by atoms with Gasteiger partial charge in [0.15, 0.2) is 0 Å². The average Bonchev–Trinajstić information content (AvgIpc) is 3.10. The van der Waals surface area contributed by atoms with Crippen molar-refractivity contribution in [2.45, 2.75) is 12.8 Å². The number of nitrogens with one attached hydrogen (secondary N) is 1. The van der Waals surface area contributed by atoms with Gasteiger partial charge < -0.3 is 10.2 Å². The Morgan fingerprint density at radius 3 is 2.56 bits per heavy atom. The van der Waals surface area contributed by atoms with E-state index in [1.54, 1.807) is 34.1 Å². The van der Waals surface area contributed by atoms with Crippen LogP contribution >= 0.6 is 11.6 Å². The third kappa shape index (κ3) is 4.09. The molecule has 6 nitrogen and oxygen atoms in total. The molecule has 1 aromatic heterocycles. The summed E-state index contributed by atoms with van der Waals surface area (Å²) in [6.07, 6.45) is 5.99. The molecule has 1 saturated heterocycles. The Bertz CT molecular complexity index is 777. The fraction of sp³-hybridized carbons (Fsp3) is 0.278. The van der Waals surface area contributed by atoms with Crippen LogP contribution in [0.2, 0.25) is 5.02 Å². The van der Waals surface area contributed by atoms with Crippen molar-refractivity contribution in [3.05, 3.63) is 54.3 Å². The van der Waals surface area contributed by atoms with Crippen molar-refractivity contribution in [1.82, 2.24) is 14.7 Å². The first-order chi connectivity index (χ1) is 12.1. The summed E-state index contributed by atoms with van der Waals surface area (Å²) in [7, 11) is 0. The molecule has 25 heavy (non-hydrogen) atoms. The number of amides is 2. The molecule has 0 radical (unpaired) electrons. The van der Waals surface area contributed by atoms with Crippen LogP contribution < -0.4 is 5.32 Å². The monoisotopic (exact) mass is 358 g/mol. The average molecular weight is 359 g/mol. The van der Waals surface area contributed by atoms with Gasteiger partial charge in [-0.2, -0.15) is 5.10 Å². The molecule has 0 aliphatic carbocycles. The summed E-state index contributed by atoms with van der Waals surface area (Å²) in [4.78, 5) is 25.7. The number of likely N-dealkylation sites (tertiary alicyclic amines) is 1. The van der Waals surface area contributed by atoms with Gasteiger partial charge in [-0.05, 0) is 43.2 Å². The number of rotatable bonds is 4. The first kappa shape index (κ1) is 17.2. The van der Waals surface area contributed by atoms with Crippen LogP contribution in [0.25, 0.3) is 5.69 Å². The fourth-order valence-corrected chi connectivity index (χ4v) is 2.98. The summed E-state index contributed by atoms with van der Waals surface area (Å²) in [6.45, 7) is 4.64. The molecule has 0 spiro atoms. The van der Waals surface area contributed by atoms with Gasteiger partial charge in [-0.1, -0.05) is 18.2 Å². The van der Waals surface area contributed by atoms with Crippen LogP contribution in [0.3, 0.4) is 0 Å². The van der Waals surface area contributed by atoms with Gasteiger partial charge in [-0.3, -0.25) is 9.59 Å². The second kappa shape index (κ2) is 7.53. The minimum Gasteiger partial charge on any atom is -0.339 e. The molecule has 1 aliphatic heterocycles. The van der Waals surface area contributed by atoms with Crippen molar-refractivity contribution in [3.8, 4) is 5.69 Å². The highest BCUT2D eigenvalue weighted by molar-refractivity contribution is 6.30. The lowest BCUT2D eigenvalue weighted by Gasteiger charge is -2.30. The molecule has 2 amide bonds. The molecule has 1 fully saturated rings. The van der Waals surface area contributed by atoms with E-state index >= 15 is 0 Å². The van der Waals surface area contributed by atoms with Crippen LogP contribution in [0, 0.1) is 5.92 Å². The quantitative estimate of drug-likeness (QED) is 0.854. The molecule has 0 saturated carbocycles. The van der Waals surface area contributed by atoms with Crippen molar-refractivity contribution in [2.24, 2.45) is 5.92 Å². The van der Waals surface area contributed by atoms with E-state index in [1.807, 2.05) is 12.1 Å². The minimum absolute atomic E-state index is 0.0404. The van der Waals surface area contributed by atoms with Gasteiger partial charge in [-0.25, -0.2) is 4.68 Å². The Morgan fingerprint density at radius 1 is 1.24 bits per heavy atom. The molecule has 7 heteroatoms. The maximum Gasteiger partial charge on any atom is 0.245 e. The molecule has 1 aliphatic rings. The molecule has 2 aromatic rings. The van der Waals surface area contributed by atoms with Gasteiger partial charge in [0, 0.05) is 24.0 Å². The summed E-state index contributed by atoms with van der Waals surface area (Å²) < 4.78 is 1.68. The minimum atomic E-state index is -0.104. The number of carbonyl (C=O) groups excluding carboxylic acids is 2. The van der Waals surface area contributed by atoms with Gasteiger partial charge in [0.25, 0.3) is 0 Å². The fourth-order valence-electron chi connectivity index (χ4n) is 2.86. The number of nitrogens with zero attached hydrogens (tertiary/aromatic N) is 3. The number of piperidine rings is 1. The smallest absolute Gasteiger partial charge is 0.245 e. The van der Waals surface area contributed by atoms with E-state index < -0.39 is 0 Å². The molecule has 0 unspecified atom stereocenters. The molecule has 2 heterocycles. The predicted octanol–water partition coefficient (Wildman–Crippen LogP) is 2.89. The lowest BCUT2D eigenvalue weighted by molar-refractivity contribution is -0.130. The summed E-state index contributed by atoms with van der Waals surface area (Å²) in [5, 5.41) is 7.81. The highest BCUT2D eigenvalue weighted by Crippen LogP contribution is 2.20. The highest BCUT2D eigenvalue weighted by atomic mass is 35.5. The van der Waals surface area contributed by atoms with Crippen LogP contribution in [0.1, 0.15) is 12.8 Å². The van der Waals surface area contributed by atoms with Gasteiger partial charge in [0.05, 0.1) is 23.8 Å². The Kier molecular flexibility index (Phi) is 5.19. The zero-order chi connectivity index (χ0) is 17.8. The van der Waals surface area contributed by atoms with Crippen molar-refractivity contribution >= 4 is 29.1 Å². The zero-order valence-electron chi connectivity index (χ0n) is 13.7. The number of hydrogen-bond donors (Lipinski definition) is 1. The summed E-state index contributed by atoms with van der Waals surface area (Å²) in [5.41, 5.74) is 1.51. The van der Waals surface area contributed by atoms with E-state index in [1.165, 1.54) is 6.08 Å². The molecular weight excluding hydrogens is 340 g/mol. The largest absolute Gasteiger partial charge is 0.339 e. The van der Waals surface area contributed by atoms with Crippen LogP contribution in [-0.2, 0) is 9.59 Å². The van der Waals surface area contributed by atoms with Crippen molar-refractivity contribution in [3.63, 3.8) is 0 Å². The Hall–Kier alpha value is -2.60. The van der Waals surface area contributed by atoms with Crippen molar-refractivity contribution < 1.29 is 9.59 Å². The van der Waals surface area contributed by atoms with Gasteiger partial charge >= 0.3 is 0 Å². The number of benzene rings is 1. The van der Waals surface area contributed by atoms with Crippen LogP contribution in [-0.4, -0.2) is 39.6 Å². The highest BCUT2D eigenvalue weighted by Gasteiger charge is 2.26. The van der Waals surface area contributed by atoms with E-state index in [-0.39, 0.29) is 17.7 Å². The van der Waals surface area contributed by atoms with E-state index in [0.717, 1.165) is 5.69 Å². The van der Waals surface area contributed by atoms with Crippen LogP contribution in [0.15, 0.2) is 49.3 Å². The molecule has 3 rings (SSSR count). The van der Waals surface area contributed by atoms with E-state index in [9.17, 15) is 9.59 Å². The van der Waals surface area contributed by atoms with E-state index in [0.29, 0.717) is 36.6 Å². The van der Waals surface area contributed by atoms with Crippen LogP contribution in [0.4, 0.5) is 5.69 Å².